The number of hydrogen-bond acceptors (Lipinski definition) is 5. The van der Waals surface area contributed by atoms with Crippen molar-refractivity contribution in [2.45, 2.75) is 12.6 Å². The molecule has 0 bridgehead atoms. The lowest BCUT2D eigenvalue weighted by Gasteiger charge is -2.34. The van der Waals surface area contributed by atoms with Crippen molar-refractivity contribution in [1.29, 1.82) is 0 Å². The average Bonchev–Trinajstić information content (AvgIpc) is 2.43. The number of morpholine rings is 1. The molecule has 1 aromatic rings. The van der Waals surface area contributed by atoms with Crippen molar-refractivity contribution in [3.8, 4) is 0 Å². The highest BCUT2D eigenvalue weighted by Crippen LogP contribution is 2.10. The molecule has 1 fully saturated rings. The SMILES string of the molecule is Cn1c(CN2CCOCC2CO)cc(=O)n(C)c1=O. The van der Waals surface area contributed by atoms with Crippen molar-refractivity contribution < 1.29 is 9.84 Å². The van der Waals surface area contributed by atoms with E-state index in [2.05, 4.69) is 0 Å². The topological polar surface area (TPSA) is 76.7 Å². The summed E-state index contributed by atoms with van der Waals surface area (Å²) in [7, 11) is 3.10. The first kappa shape index (κ1) is 14.0. The second-order valence-corrected chi connectivity index (χ2v) is 4.76. The lowest BCUT2D eigenvalue weighted by Crippen LogP contribution is -2.48. The molecule has 1 N–H and O–H groups in total. The van der Waals surface area contributed by atoms with Gasteiger partial charge in [0.25, 0.3) is 5.56 Å². The quantitative estimate of drug-likeness (QED) is 0.706. The van der Waals surface area contributed by atoms with Crippen LogP contribution in [0.1, 0.15) is 5.69 Å². The molecule has 2 heterocycles. The second-order valence-electron chi connectivity index (χ2n) is 4.76. The highest BCUT2D eigenvalue weighted by atomic mass is 16.5. The van der Waals surface area contributed by atoms with E-state index < -0.39 is 0 Å². The molecule has 0 aliphatic carbocycles. The molecule has 1 unspecified atom stereocenters. The van der Waals surface area contributed by atoms with Gasteiger partial charge in [-0.25, -0.2) is 4.79 Å². The van der Waals surface area contributed by atoms with Crippen molar-refractivity contribution in [1.82, 2.24) is 14.0 Å². The lowest BCUT2D eigenvalue weighted by atomic mass is 10.2. The van der Waals surface area contributed by atoms with Crippen LogP contribution in [0.15, 0.2) is 15.7 Å². The largest absolute Gasteiger partial charge is 0.395 e. The number of aliphatic hydroxyl groups excluding tert-OH is 1. The maximum atomic E-state index is 11.8. The number of ether oxygens (including phenoxy) is 1. The summed E-state index contributed by atoms with van der Waals surface area (Å²) < 4.78 is 7.84. The Balaban J connectivity index is 2.28. The van der Waals surface area contributed by atoms with Gasteiger partial charge in [0.15, 0.2) is 0 Å². The van der Waals surface area contributed by atoms with Gasteiger partial charge in [-0.05, 0) is 0 Å². The predicted octanol–water partition coefficient (Wildman–Crippen LogP) is -1.72. The molecule has 0 saturated carbocycles. The van der Waals surface area contributed by atoms with E-state index in [1.807, 2.05) is 4.90 Å². The minimum absolute atomic E-state index is 0.00120. The first-order valence-corrected chi connectivity index (χ1v) is 6.23. The number of aliphatic hydroxyl groups is 1. The third kappa shape index (κ3) is 2.78. The number of nitrogens with zero attached hydrogens (tertiary/aromatic N) is 3. The van der Waals surface area contributed by atoms with Gasteiger partial charge in [0.05, 0.1) is 25.9 Å². The molecule has 7 nitrogen and oxygen atoms in total. The maximum absolute atomic E-state index is 11.8. The molecule has 0 radical (unpaired) electrons. The fourth-order valence-corrected chi connectivity index (χ4v) is 2.20. The zero-order valence-electron chi connectivity index (χ0n) is 11.2. The molecular weight excluding hydrogens is 250 g/mol. The molecule has 0 aromatic carbocycles. The van der Waals surface area contributed by atoms with E-state index in [1.54, 1.807) is 7.05 Å². The first-order valence-electron chi connectivity index (χ1n) is 6.23. The van der Waals surface area contributed by atoms with Crippen molar-refractivity contribution in [3.63, 3.8) is 0 Å². The van der Waals surface area contributed by atoms with Crippen LogP contribution < -0.4 is 11.2 Å². The van der Waals surface area contributed by atoms with Gasteiger partial charge in [0.2, 0.25) is 0 Å². The molecule has 1 aliphatic rings. The summed E-state index contributed by atoms with van der Waals surface area (Å²) in [6.45, 7) is 2.19. The molecule has 1 aromatic heterocycles. The van der Waals surface area contributed by atoms with E-state index in [1.165, 1.54) is 17.7 Å². The van der Waals surface area contributed by atoms with Gasteiger partial charge in [0, 0.05) is 38.9 Å². The van der Waals surface area contributed by atoms with Crippen molar-refractivity contribution in [2.24, 2.45) is 14.1 Å². The van der Waals surface area contributed by atoms with Crippen LogP contribution in [0.3, 0.4) is 0 Å². The summed E-state index contributed by atoms with van der Waals surface area (Å²) in [6, 6.07) is 1.37. The molecule has 1 saturated heterocycles. The molecule has 0 amide bonds. The average molecular weight is 269 g/mol. The third-order valence-electron chi connectivity index (χ3n) is 3.55. The molecule has 106 valence electrons. The molecule has 19 heavy (non-hydrogen) atoms. The molecule has 2 rings (SSSR count). The Bertz CT molecular complexity index is 563. The maximum Gasteiger partial charge on any atom is 0.330 e. The summed E-state index contributed by atoms with van der Waals surface area (Å²) >= 11 is 0. The van der Waals surface area contributed by atoms with E-state index in [-0.39, 0.29) is 23.9 Å². The van der Waals surface area contributed by atoms with Crippen molar-refractivity contribution in [3.05, 3.63) is 32.6 Å². The zero-order chi connectivity index (χ0) is 14.0. The molecule has 7 heteroatoms. The molecule has 1 aliphatic heterocycles. The van der Waals surface area contributed by atoms with Crippen LogP contribution >= 0.6 is 0 Å². The number of aromatic nitrogens is 2. The molecule has 0 spiro atoms. The van der Waals surface area contributed by atoms with Gasteiger partial charge in [-0.2, -0.15) is 0 Å². The van der Waals surface area contributed by atoms with Gasteiger partial charge in [-0.15, -0.1) is 0 Å². The van der Waals surface area contributed by atoms with E-state index >= 15 is 0 Å². The smallest absolute Gasteiger partial charge is 0.330 e. The fourth-order valence-electron chi connectivity index (χ4n) is 2.20. The minimum Gasteiger partial charge on any atom is -0.395 e. The van der Waals surface area contributed by atoms with Crippen LogP contribution in [-0.4, -0.2) is 51.5 Å². The highest BCUT2D eigenvalue weighted by Gasteiger charge is 2.23. The third-order valence-corrected chi connectivity index (χ3v) is 3.55. The lowest BCUT2D eigenvalue weighted by molar-refractivity contribution is -0.0322. The summed E-state index contributed by atoms with van der Waals surface area (Å²) in [5.41, 5.74) is -0.00309. The molecule has 1 atom stereocenters. The predicted molar refractivity (Wildman–Crippen MR) is 69.0 cm³/mol. The summed E-state index contributed by atoms with van der Waals surface area (Å²) in [5, 5.41) is 9.31. The van der Waals surface area contributed by atoms with Gasteiger partial charge >= 0.3 is 5.69 Å². The normalized spacial score (nSPS) is 20.7. The zero-order valence-corrected chi connectivity index (χ0v) is 11.2. The van der Waals surface area contributed by atoms with Crippen LogP contribution in [0.2, 0.25) is 0 Å². The Morgan fingerprint density at radius 2 is 2.11 bits per heavy atom. The Morgan fingerprint density at radius 3 is 2.79 bits per heavy atom. The first-order chi connectivity index (χ1) is 9.04. The van der Waals surface area contributed by atoms with Crippen LogP contribution in [0, 0.1) is 0 Å². The monoisotopic (exact) mass is 269 g/mol. The fraction of sp³-hybridized carbons (Fsp3) is 0.667. The van der Waals surface area contributed by atoms with Gasteiger partial charge in [-0.3, -0.25) is 18.8 Å². The Morgan fingerprint density at radius 1 is 1.37 bits per heavy atom. The van der Waals surface area contributed by atoms with Crippen LogP contribution in [0.5, 0.6) is 0 Å². The summed E-state index contributed by atoms with van der Waals surface area (Å²) in [5.74, 6) is 0. The van der Waals surface area contributed by atoms with Gasteiger partial charge in [0.1, 0.15) is 0 Å². The Hall–Kier alpha value is -1.44. The van der Waals surface area contributed by atoms with E-state index in [0.29, 0.717) is 32.0 Å². The Kier molecular flexibility index (Phi) is 4.18. The van der Waals surface area contributed by atoms with E-state index in [4.69, 9.17) is 4.74 Å². The standard InChI is InChI=1S/C12H19N3O4/c1-13-9(5-11(17)14(2)12(13)18)6-15-3-4-19-8-10(15)7-16/h5,10,16H,3-4,6-8H2,1-2H3. The van der Waals surface area contributed by atoms with Crippen LogP contribution in [0.25, 0.3) is 0 Å². The number of hydrogen-bond donors (Lipinski definition) is 1. The summed E-state index contributed by atoms with van der Waals surface area (Å²) in [6.07, 6.45) is 0. The van der Waals surface area contributed by atoms with Crippen molar-refractivity contribution in [2.75, 3.05) is 26.4 Å². The molecular formula is C12H19N3O4. The van der Waals surface area contributed by atoms with Gasteiger partial charge in [-0.1, -0.05) is 0 Å². The van der Waals surface area contributed by atoms with Crippen LogP contribution in [0.4, 0.5) is 0 Å². The number of rotatable bonds is 3. The van der Waals surface area contributed by atoms with Gasteiger partial charge < -0.3 is 9.84 Å². The Labute approximate surface area is 110 Å². The second kappa shape index (κ2) is 5.68. The van der Waals surface area contributed by atoms with Crippen LogP contribution in [-0.2, 0) is 25.4 Å². The minimum atomic E-state index is -0.337. The van der Waals surface area contributed by atoms with Crippen molar-refractivity contribution >= 4 is 0 Å². The highest BCUT2D eigenvalue weighted by molar-refractivity contribution is 5.02. The van der Waals surface area contributed by atoms with E-state index in [0.717, 1.165) is 4.57 Å². The van der Waals surface area contributed by atoms with E-state index in [9.17, 15) is 14.7 Å². The summed E-state index contributed by atoms with van der Waals surface area (Å²) in [4.78, 5) is 25.5.